The summed E-state index contributed by atoms with van der Waals surface area (Å²) in [6.45, 7) is 4.32. The summed E-state index contributed by atoms with van der Waals surface area (Å²) in [7, 11) is 5.30. The lowest BCUT2D eigenvalue weighted by Gasteiger charge is -2.33. The number of piperidine rings is 1. The summed E-state index contributed by atoms with van der Waals surface area (Å²) in [6.07, 6.45) is 5.46. The van der Waals surface area contributed by atoms with Gasteiger partial charge in [0, 0.05) is 52.2 Å². The molecule has 2 aromatic rings. The van der Waals surface area contributed by atoms with Gasteiger partial charge in [-0.15, -0.1) is 0 Å². The summed E-state index contributed by atoms with van der Waals surface area (Å²) in [6, 6.07) is 0.296. The van der Waals surface area contributed by atoms with E-state index in [1.54, 1.807) is 35.8 Å². The molecule has 1 atom stereocenters. The molecule has 0 bridgehead atoms. The first-order valence-corrected chi connectivity index (χ1v) is 8.57. The van der Waals surface area contributed by atoms with Crippen molar-refractivity contribution in [3.63, 3.8) is 0 Å². The third-order valence-corrected chi connectivity index (χ3v) is 4.77. The third kappa shape index (κ3) is 3.53. The van der Waals surface area contributed by atoms with Crippen LogP contribution in [0.3, 0.4) is 0 Å². The lowest BCUT2D eigenvalue weighted by molar-refractivity contribution is 0.363. The van der Waals surface area contributed by atoms with Crippen molar-refractivity contribution in [1.29, 1.82) is 0 Å². The fraction of sp³-hybridized carbons (Fsp3) is 0.588. The van der Waals surface area contributed by atoms with E-state index in [2.05, 4.69) is 20.3 Å². The van der Waals surface area contributed by atoms with Crippen LogP contribution in [-0.2, 0) is 20.6 Å². The number of hydrogen-bond donors (Lipinski definition) is 1. The van der Waals surface area contributed by atoms with Crippen molar-refractivity contribution in [2.45, 2.75) is 32.4 Å². The summed E-state index contributed by atoms with van der Waals surface area (Å²) in [5.41, 5.74) is 2.00. The first kappa shape index (κ1) is 17.5. The number of nitrogens with zero attached hydrogens (tertiary/aromatic N) is 5. The second-order valence-corrected chi connectivity index (χ2v) is 6.53. The predicted octanol–water partition coefficient (Wildman–Crippen LogP) is 0.589. The van der Waals surface area contributed by atoms with E-state index < -0.39 is 0 Å². The lowest BCUT2D eigenvalue weighted by atomic mass is 10.1. The maximum atomic E-state index is 12.3. The zero-order valence-corrected chi connectivity index (χ0v) is 15.3. The molecular weight excluding hydrogens is 320 g/mol. The molecule has 8 nitrogen and oxygen atoms in total. The molecule has 1 aliphatic rings. The SMILES string of the molecule is COc1c(CNC2CCCN(c3nccn(C)c3=O)C2)c(C)nn1C. The summed E-state index contributed by atoms with van der Waals surface area (Å²) in [4.78, 5) is 18.7. The van der Waals surface area contributed by atoms with Crippen LogP contribution in [0.15, 0.2) is 17.2 Å². The minimum Gasteiger partial charge on any atom is -0.481 e. The Morgan fingerprint density at radius 2 is 2.20 bits per heavy atom. The molecule has 0 amide bonds. The number of nitrogens with one attached hydrogen (secondary N) is 1. The molecule has 1 saturated heterocycles. The van der Waals surface area contributed by atoms with Gasteiger partial charge in [-0.1, -0.05) is 0 Å². The molecule has 2 aromatic heterocycles. The standard InChI is InChI=1S/C17H26N6O2/c1-12-14(17(25-4)22(3)20-12)10-19-13-6-5-8-23(11-13)15-16(24)21(2)9-7-18-15/h7,9,13,19H,5-6,8,10-11H2,1-4H3. The zero-order valence-electron chi connectivity index (χ0n) is 15.3. The number of anilines is 1. The highest BCUT2D eigenvalue weighted by atomic mass is 16.5. The van der Waals surface area contributed by atoms with Gasteiger partial charge in [-0.05, 0) is 19.8 Å². The van der Waals surface area contributed by atoms with Gasteiger partial charge in [0.25, 0.3) is 5.56 Å². The molecule has 0 aliphatic carbocycles. The van der Waals surface area contributed by atoms with Gasteiger partial charge in [0.1, 0.15) is 0 Å². The highest BCUT2D eigenvalue weighted by molar-refractivity contribution is 5.37. The molecular formula is C17H26N6O2. The molecule has 3 rings (SSSR count). The van der Waals surface area contributed by atoms with Crippen LogP contribution in [0.1, 0.15) is 24.1 Å². The van der Waals surface area contributed by atoms with Crippen molar-refractivity contribution < 1.29 is 4.74 Å². The van der Waals surface area contributed by atoms with Crippen molar-refractivity contribution in [2.24, 2.45) is 14.1 Å². The smallest absolute Gasteiger partial charge is 0.293 e. The molecule has 1 unspecified atom stereocenters. The van der Waals surface area contributed by atoms with Gasteiger partial charge in [-0.25, -0.2) is 9.67 Å². The van der Waals surface area contributed by atoms with E-state index in [-0.39, 0.29) is 5.56 Å². The Morgan fingerprint density at radius 3 is 2.96 bits per heavy atom. The average molecular weight is 346 g/mol. The van der Waals surface area contributed by atoms with Crippen molar-refractivity contribution in [3.8, 4) is 5.88 Å². The first-order chi connectivity index (χ1) is 12.0. The molecule has 0 aromatic carbocycles. The van der Waals surface area contributed by atoms with Crippen LogP contribution in [0.2, 0.25) is 0 Å². The number of aryl methyl sites for hydroxylation is 3. The van der Waals surface area contributed by atoms with Crippen LogP contribution >= 0.6 is 0 Å². The first-order valence-electron chi connectivity index (χ1n) is 8.57. The van der Waals surface area contributed by atoms with Gasteiger partial charge in [0.15, 0.2) is 5.82 Å². The second-order valence-electron chi connectivity index (χ2n) is 6.53. The molecule has 1 N–H and O–H groups in total. The molecule has 0 spiro atoms. The zero-order chi connectivity index (χ0) is 18.0. The summed E-state index contributed by atoms with van der Waals surface area (Å²) in [5.74, 6) is 1.32. The molecule has 25 heavy (non-hydrogen) atoms. The summed E-state index contributed by atoms with van der Waals surface area (Å²) < 4.78 is 8.79. The van der Waals surface area contributed by atoms with Crippen molar-refractivity contribution in [1.82, 2.24) is 24.6 Å². The number of rotatable bonds is 5. The van der Waals surface area contributed by atoms with Crippen molar-refractivity contribution in [2.75, 3.05) is 25.1 Å². The van der Waals surface area contributed by atoms with E-state index in [9.17, 15) is 4.79 Å². The highest BCUT2D eigenvalue weighted by Crippen LogP contribution is 2.21. The molecule has 0 radical (unpaired) electrons. The van der Waals surface area contributed by atoms with E-state index in [1.165, 1.54) is 0 Å². The Hall–Kier alpha value is -2.35. The minimum absolute atomic E-state index is 0.0482. The molecule has 136 valence electrons. The quantitative estimate of drug-likeness (QED) is 0.854. The number of aromatic nitrogens is 4. The minimum atomic E-state index is -0.0482. The maximum Gasteiger partial charge on any atom is 0.293 e. The predicted molar refractivity (Wildman–Crippen MR) is 96.0 cm³/mol. The van der Waals surface area contributed by atoms with E-state index >= 15 is 0 Å². The van der Waals surface area contributed by atoms with Gasteiger partial charge in [-0.2, -0.15) is 5.10 Å². The van der Waals surface area contributed by atoms with Gasteiger partial charge in [0.05, 0.1) is 18.4 Å². The molecule has 1 aliphatic heterocycles. The van der Waals surface area contributed by atoms with Crippen LogP contribution < -0.4 is 20.5 Å². The van der Waals surface area contributed by atoms with Gasteiger partial charge in [0.2, 0.25) is 5.88 Å². The van der Waals surface area contributed by atoms with Crippen LogP contribution in [0.4, 0.5) is 5.82 Å². The molecule has 1 fully saturated rings. The van der Waals surface area contributed by atoms with Gasteiger partial charge in [-0.3, -0.25) is 4.79 Å². The fourth-order valence-corrected chi connectivity index (χ4v) is 3.42. The fourth-order valence-electron chi connectivity index (χ4n) is 3.42. The molecule has 8 heteroatoms. The number of methoxy groups -OCH3 is 1. The van der Waals surface area contributed by atoms with E-state index in [0.29, 0.717) is 18.4 Å². The summed E-state index contributed by atoms with van der Waals surface area (Å²) in [5, 5.41) is 8.01. The Balaban J connectivity index is 1.68. The third-order valence-electron chi connectivity index (χ3n) is 4.77. The lowest BCUT2D eigenvalue weighted by Crippen LogP contribution is -2.47. The molecule has 3 heterocycles. The van der Waals surface area contributed by atoms with E-state index in [0.717, 1.165) is 43.1 Å². The van der Waals surface area contributed by atoms with Crippen LogP contribution in [0.5, 0.6) is 5.88 Å². The van der Waals surface area contributed by atoms with Crippen LogP contribution in [-0.4, -0.2) is 45.6 Å². The molecule has 0 saturated carbocycles. The average Bonchev–Trinajstić information content (AvgIpc) is 2.88. The number of ether oxygens (including phenoxy) is 1. The Bertz CT molecular complexity index is 797. The number of hydrogen-bond acceptors (Lipinski definition) is 6. The van der Waals surface area contributed by atoms with Crippen molar-refractivity contribution in [3.05, 3.63) is 34.0 Å². The van der Waals surface area contributed by atoms with E-state index in [4.69, 9.17) is 4.74 Å². The maximum absolute atomic E-state index is 12.3. The Labute approximate surface area is 147 Å². The topological polar surface area (TPSA) is 77.2 Å². The van der Waals surface area contributed by atoms with Crippen molar-refractivity contribution >= 4 is 5.82 Å². The summed E-state index contributed by atoms with van der Waals surface area (Å²) >= 11 is 0. The van der Waals surface area contributed by atoms with Gasteiger partial charge < -0.3 is 19.5 Å². The van der Waals surface area contributed by atoms with E-state index in [1.807, 2.05) is 14.0 Å². The second kappa shape index (κ2) is 7.26. The normalized spacial score (nSPS) is 17.8. The highest BCUT2D eigenvalue weighted by Gasteiger charge is 2.24. The van der Waals surface area contributed by atoms with Gasteiger partial charge >= 0.3 is 0 Å². The Kier molecular flexibility index (Phi) is 5.08. The largest absolute Gasteiger partial charge is 0.481 e. The van der Waals surface area contributed by atoms with Crippen LogP contribution in [0, 0.1) is 6.92 Å². The monoisotopic (exact) mass is 346 g/mol. The van der Waals surface area contributed by atoms with Crippen LogP contribution in [0.25, 0.3) is 0 Å². The Morgan fingerprint density at radius 1 is 1.40 bits per heavy atom.